The van der Waals surface area contributed by atoms with Crippen LogP contribution in [-0.4, -0.2) is 76.2 Å². The zero-order valence-electron chi connectivity index (χ0n) is 27.2. The molecule has 0 radical (unpaired) electrons. The molecule has 0 bridgehead atoms. The van der Waals surface area contributed by atoms with Crippen molar-refractivity contribution in [3.05, 3.63) is 51.6 Å². The van der Waals surface area contributed by atoms with Crippen LogP contribution in [0.3, 0.4) is 0 Å². The average molecular weight is 779 g/mol. The molecule has 16 heteroatoms. The first-order valence-corrected chi connectivity index (χ1v) is 17.2. The number of aromatic nitrogens is 2. The SMILES string of the molecule is CC(=O)N[C@@H](Cc1cnc[nH]1)C(=O)N[C@@H](CCCN=C(N)N)C(=O)N[C@H](Cc1ccc(I)cc1)C(=O)N[C@@H](CC1CCCCC1)C(N)=O. The summed E-state index contributed by atoms with van der Waals surface area (Å²) < 4.78 is 0.995. The summed E-state index contributed by atoms with van der Waals surface area (Å²) in [7, 11) is 0. The monoisotopic (exact) mass is 778 g/mol. The minimum atomic E-state index is -1.12. The number of amides is 5. The summed E-state index contributed by atoms with van der Waals surface area (Å²) in [4.78, 5) is 76.3. The molecule has 1 aromatic heterocycles. The standard InChI is InChI=1S/C32H47IN10O5/c1-19(44)40-27(16-23-17-37-18-39-23)31(48)41-24(8-5-13-38-32(35)36)29(46)43-26(15-21-9-11-22(33)12-10-21)30(47)42-25(28(34)45)14-20-6-3-2-4-7-20/h9-12,17-18,20,24-27H,2-8,13-16H2,1H3,(H2,34,45)(H,37,39)(H,40,44)(H,41,48)(H,42,47)(H,43,46)(H4,35,36,38)/t24-,25-,26+,27-/m0/s1. The molecule has 48 heavy (non-hydrogen) atoms. The molecule has 4 atom stereocenters. The lowest BCUT2D eigenvalue weighted by Crippen LogP contribution is -2.58. The van der Waals surface area contributed by atoms with Crippen LogP contribution in [0, 0.1) is 9.49 Å². The van der Waals surface area contributed by atoms with Crippen LogP contribution in [0.4, 0.5) is 0 Å². The zero-order chi connectivity index (χ0) is 35.1. The molecular weight excluding hydrogens is 731 g/mol. The van der Waals surface area contributed by atoms with E-state index in [-0.39, 0.29) is 37.7 Å². The van der Waals surface area contributed by atoms with Gasteiger partial charge in [0.15, 0.2) is 5.96 Å². The van der Waals surface area contributed by atoms with Gasteiger partial charge in [-0.25, -0.2) is 4.98 Å². The molecule has 3 rings (SSSR count). The minimum absolute atomic E-state index is 0.0983. The molecule has 2 aromatic rings. The normalized spacial score (nSPS) is 15.6. The highest BCUT2D eigenvalue weighted by Gasteiger charge is 2.32. The van der Waals surface area contributed by atoms with Crippen molar-refractivity contribution in [2.75, 3.05) is 6.54 Å². The van der Waals surface area contributed by atoms with Gasteiger partial charge in [-0.1, -0.05) is 44.2 Å². The molecule has 5 amide bonds. The van der Waals surface area contributed by atoms with E-state index in [9.17, 15) is 24.0 Å². The Morgan fingerprint density at radius 2 is 1.48 bits per heavy atom. The van der Waals surface area contributed by atoms with Crippen LogP contribution in [0.5, 0.6) is 0 Å². The van der Waals surface area contributed by atoms with Crippen LogP contribution in [0.25, 0.3) is 0 Å². The number of H-pyrrole nitrogens is 1. The van der Waals surface area contributed by atoms with Gasteiger partial charge >= 0.3 is 0 Å². The van der Waals surface area contributed by atoms with Gasteiger partial charge in [0.25, 0.3) is 0 Å². The minimum Gasteiger partial charge on any atom is -0.370 e. The van der Waals surface area contributed by atoms with Crippen LogP contribution in [-0.2, 0) is 36.8 Å². The molecule has 1 aromatic carbocycles. The van der Waals surface area contributed by atoms with Crippen molar-refractivity contribution in [1.29, 1.82) is 0 Å². The lowest BCUT2D eigenvalue weighted by atomic mass is 9.84. The summed E-state index contributed by atoms with van der Waals surface area (Å²) in [5, 5.41) is 10.9. The van der Waals surface area contributed by atoms with Gasteiger partial charge in [0.05, 0.1) is 6.33 Å². The molecule has 1 fully saturated rings. The molecule has 11 N–H and O–H groups in total. The van der Waals surface area contributed by atoms with Crippen molar-refractivity contribution in [1.82, 2.24) is 31.2 Å². The zero-order valence-corrected chi connectivity index (χ0v) is 29.3. The number of hydrogen-bond acceptors (Lipinski definition) is 7. The number of carbonyl (C=O) groups is 5. The second-order valence-electron chi connectivity index (χ2n) is 12.1. The maximum atomic E-state index is 13.9. The first kappa shape index (κ1) is 38.2. The summed E-state index contributed by atoms with van der Waals surface area (Å²) in [6, 6.07) is 3.34. The number of benzene rings is 1. The third-order valence-electron chi connectivity index (χ3n) is 8.19. The molecule has 1 saturated carbocycles. The predicted octanol–water partition coefficient (Wildman–Crippen LogP) is 0.268. The Labute approximate surface area is 293 Å². The lowest BCUT2D eigenvalue weighted by molar-refractivity contribution is -0.134. The molecule has 15 nitrogen and oxygen atoms in total. The van der Waals surface area contributed by atoms with Crippen LogP contribution >= 0.6 is 22.6 Å². The van der Waals surface area contributed by atoms with E-state index < -0.39 is 53.7 Å². The highest BCUT2D eigenvalue weighted by Crippen LogP contribution is 2.27. The number of carbonyl (C=O) groups excluding carboxylic acids is 5. The second-order valence-corrected chi connectivity index (χ2v) is 13.4. The molecule has 1 heterocycles. The van der Waals surface area contributed by atoms with Gasteiger partial charge in [0.1, 0.15) is 24.2 Å². The molecule has 1 aliphatic rings. The fourth-order valence-corrected chi connectivity index (χ4v) is 6.09. The van der Waals surface area contributed by atoms with E-state index in [1.54, 1.807) is 0 Å². The number of primary amides is 1. The number of nitrogens with two attached hydrogens (primary N) is 3. The quantitative estimate of drug-likeness (QED) is 0.0450. The summed E-state index contributed by atoms with van der Waals surface area (Å²) >= 11 is 2.17. The van der Waals surface area contributed by atoms with Crippen molar-refractivity contribution in [3.63, 3.8) is 0 Å². The summed E-state index contributed by atoms with van der Waals surface area (Å²) in [5.41, 5.74) is 18.0. The van der Waals surface area contributed by atoms with Crippen LogP contribution in [0.2, 0.25) is 0 Å². The summed E-state index contributed by atoms with van der Waals surface area (Å²) in [5.74, 6) is -2.73. The first-order valence-electron chi connectivity index (χ1n) is 16.2. The molecule has 262 valence electrons. The Balaban J connectivity index is 1.83. The van der Waals surface area contributed by atoms with Crippen LogP contribution < -0.4 is 38.5 Å². The molecular formula is C32H47IN10O5. The van der Waals surface area contributed by atoms with E-state index in [0.29, 0.717) is 18.5 Å². The third kappa shape index (κ3) is 13.5. The first-order chi connectivity index (χ1) is 22.9. The number of nitrogens with one attached hydrogen (secondary N) is 5. The second kappa shape index (κ2) is 19.6. The number of hydrogen-bond donors (Lipinski definition) is 8. The number of rotatable bonds is 18. The van der Waals surface area contributed by atoms with Crippen LogP contribution in [0.1, 0.15) is 69.5 Å². The molecule has 0 saturated heterocycles. The van der Waals surface area contributed by atoms with Crippen molar-refractivity contribution in [2.45, 2.75) is 95.3 Å². The Hall–Kier alpha value is -4.22. The number of halogens is 1. The third-order valence-corrected chi connectivity index (χ3v) is 8.91. The Bertz CT molecular complexity index is 1390. The lowest BCUT2D eigenvalue weighted by Gasteiger charge is -2.28. The van der Waals surface area contributed by atoms with E-state index in [1.165, 1.54) is 19.4 Å². The Kier molecular flexibility index (Phi) is 15.6. The van der Waals surface area contributed by atoms with Crippen molar-refractivity contribution >= 4 is 58.1 Å². The van der Waals surface area contributed by atoms with Crippen molar-refractivity contribution < 1.29 is 24.0 Å². The van der Waals surface area contributed by atoms with Gasteiger partial charge in [-0.3, -0.25) is 29.0 Å². The highest BCUT2D eigenvalue weighted by atomic mass is 127. The van der Waals surface area contributed by atoms with Gasteiger partial charge in [-0.2, -0.15) is 0 Å². The molecule has 0 aliphatic heterocycles. The molecule has 0 unspecified atom stereocenters. The number of imidazole rings is 1. The van der Waals surface area contributed by atoms with Crippen LogP contribution in [0.15, 0.2) is 41.8 Å². The molecule has 0 spiro atoms. The predicted molar refractivity (Wildman–Crippen MR) is 189 cm³/mol. The highest BCUT2D eigenvalue weighted by molar-refractivity contribution is 14.1. The number of aromatic amines is 1. The largest absolute Gasteiger partial charge is 0.370 e. The van der Waals surface area contributed by atoms with Gasteiger partial charge < -0.3 is 43.5 Å². The van der Waals surface area contributed by atoms with E-state index in [4.69, 9.17) is 17.2 Å². The maximum absolute atomic E-state index is 13.9. The van der Waals surface area contributed by atoms with Gasteiger partial charge in [0, 0.05) is 41.8 Å². The number of guanidine groups is 1. The summed E-state index contributed by atoms with van der Waals surface area (Å²) in [6.07, 6.45) is 9.27. The maximum Gasteiger partial charge on any atom is 0.243 e. The fraction of sp³-hybridized carbons (Fsp3) is 0.531. The van der Waals surface area contributed by atoms with Gasteiger partial charge in [-0.15, -0.1) is 0 Å². The van der Waals surface area contributed by atoms with Crippen molar-refractivity contribution in [2.24, 2.45) is 28.1 Å². The van der Waals surface area contributed by atoms with E-state index >= 15 is 0 Å². The smallest absolute Gasteiger partial charge is 0.243 e. The summed E-state index contributed by atoms with van der Waals surface area (Å²) in [6.45, 7) is 1.48. The Morgan fingerprint density at radius 3 is 2.06 bits per heavy atom. The van der Waals surface area contributed by atoms with E-state index in [1.807, 2.05) is 24.3 Å². The van der Waals surface area contributed by atoms with E-state index in [0.717, 1.165) is 41.2 Å². The average Bonchev–Trinajstić information content (AvgIpc) is 3.55. The number of aliphatic imine (C=N–C) groups is 1. The fourth-order valence-electron chi connectivity index (χ4n) is 5.73. The molecule has 1 aliphatic carbocycles. The van der Waals surface area contributed by atoms with Crippen molar-refractivity contribution in [3.8, 4) is 0 Å². The van der Waals surface area contributed by atoms with Gasteiger partial charge in [-0.05, 0) is 65.5 Å². The number of nitrogens with zero attached hydrogens (tertiary/aromatic N) is 2. The van der Waals surface area contributed by atoms with Gasteiger partial charge in [0.2, 0.25) is 29.5 Å². The Morgan fingerprint density at radius 1 is 0.875 bits per heavy atom. The van der Waals surface area contributed by atoms with E-state index in [2.05, 4.69) is 58.8 Å². The topological polar surface area (TPSA) is 253 Å².